The van der Waals surface area contributed by atoms with E-state index in [1.807, 2.05) is 18.3 Å². The first-order valence-corrected chi connectivity index (χ1v) is 8.03. The van der Waals surface area contributed by atoms with Crippen LogP contribution in [0.4, 0.5) is 11.4 Å². The second-order valence-electron chi connectivity index (χ2n) is 5.60. The average Bonchev–Trinajstić information content (AvgIpc) is 3.22. The van der Waals surface area contributed by atoms with E-state index in [9.17, 15) is 5.26 Å². The summed E-state index contributed by atoms with van der Waals surface area (Å²) in [6.07, 6.45) is 4.96. The van der Waals surface area contributed by atoms with Gasteiger partial charge in [0, 0.05) is 11.8 Å². The van der Waals surface area contributed by atoms with E-state index in [0.717, 1.165) is 5.56 Å². The quantitative estimate of drug-likeness (QED) is 0.235. The minimum atomic E-state index is 0.0730. The van der Waals surface area contributed by atoms with E-state index in [2.05, 4.69) is 9.98 Å². The third-order valence-corrected chi connectivity index (χ3v) is 3.87. The van der Waals surface area contributed by atoms with Crippen LogP contribution in [-0.4, -0.2) is 18.1 Å². The van der Waals surface area contributed by atoms with Gasteiger partial charge in [-0.2, -0.15) is 5.26 Å². The molecule has 0 saturated heterocycles. The lowest BCUT2D eigenvalue weighted by Crippen LogP contribution is -2.33. The molecule has 0 atom stereocenters. The molecule has 3 aromatic rings. The molecule has 0 spiro atoms. The number of hydrogen-bond donors (Lipinski definition) is 2. The summed E-state index contributed by atoms with van der Waals surface area (Å²) in [5.74, 6) is 1.16. The van der Waals surface area contributed by atoms with Crippen LogP contribution < -0.4 is 21.1 Å². The van der Waals surface area contributed by atoms with Crippen molar-refractivity contribution in [3.8, 4) is 23.3 Å². The number of anilines is 2. The molecule has 0 radical (unpaired) electrons. The Hall–Kier alpha value is -3.99. The molecule has 0 bridgehead atoms. The highest BCUT2D eigenvalue weighted by Gasteiger charge is 2.15. The summed E-state index contributed by atoms with van der Waals surface area (Å²) in [6, 6.07) is 12.5. The Morgan fingerprint density at radius 1 is 1.30 bits per heavy atom. The third kappa shape index (κ3) is 3.99. The molecule has 3 rings (SSSR count). The summed E-state index contributed by atoms with van der Waals surface area (Å²) >= 11 is 0. The Kier molecular flexibility index (Phi) is 5.23. The zero-order valence-electron chi connectivity index (χ0n) is 14.7. The Balaban J connectivity index is 1.85. The van der Waals surface area contributed by atoms with Crippen molar-refractivity contribution < 1.29 is 9.15 Å². The SMILES string of the molecule is COc1cc(N(C#N)C(N)=NCc2ccc(N)cc2)ccc1-c1cnco1. The molecule has 0 fully saturated rings. The molecule has 4 N–H and O–H groups in total. The number of nitrogens with zero attached hydrogens (tertiary/aromatic N) is 4. The Morgan fingerprint density at radius 3 is 2.70 bits per heavy atom. The van der Waals surface area contributed by atoms with Gasteiger partial charge in [0.05, 0.1) is 31.1 Å². The number of nitriles is 1. The van der Waals surface area contributed by atoms with Gasteiger partial charge in [-0.15, -0.1) is 0 Å². The normalized spacial score (nSPS) is 11.0. The van der Waals surface area contributed by atoms with Crippen LogP contribution in [0.25, 0.3) is 11.3 Å². The topological polar surface area (TPSA) is 127 Å². The monoisotopic (exact) mass is 362 g/mol. The number of aliphatic imine (C=N–C) groups is 1. The van der Waals surface area contributed by atoms with Crippen LogP contribution in [0.5, 0.6) is 5.75 Å². The van der Waals surface area contributed by atoms with E-state index in [1.165, 1.54) is 18.4 Å². The van der Waals surface area contributed by atoms with Gasteiger partial charge in [0.15, 0.2) is 18.3 Å². The number of benzene rings is 2. The molecule has 27 heavy (non-hydrogen) atoms. The molecule has 1 aromatic heterocycles. The number of guanidine groups is 1. The maximum absolute atomic E-state index is 9.53. The van der Waals surface area contributed by atoms with E-state index < -0.39 is 0 Å². The van der Waals surface area contributed by atoms with E-state index in [0.29, 0.717) is 35.0 Å². The third-order valence-electron chi connectivity index (χ3n) is 3.87. The van der Waals surface area contributed by atoms with Crippen LogP contribution in [-0.2, 0) is 6.54 Å². The lowest BCUT2D eigenvalue weighted by molar-refractivity contribution is 0.415. The number of oxazole rings is 1. The fourth-order valence-corrected chi connectivity index (χ4v) is 2.48. The van der Waals surface area contributed by atoms with Crippen LogP contribution in [0.1, 0.15) is 5.56 Å². The minimum Gasteiger partial charge on any atom is -0.496 e. The van der Waals surface area contributed by atoms with Crippen molar-refractivity contribution in [2.45, 2.75) is 6.54 Å². The number of nitrogen functional groups attached to an aromatic ring is 1. The van der Waals surface area contributed by atoms with Crippen molar-refractivity contribution in [1.29, 1.82) is 5.26 Å². The molecule has 8 nitrogen and oxygen atoms in total. The maximum atomic E-state index is 9.53. The molecule has 2 aromatic carbocycles. The van der Waals surface area contributed by atoms with Crippen molar-refractivity contribution in [3.63, 3.8) is 0 Å². The zero-order chi connectivity index (χ0) is 19.2. The first-order chi connectivity index (χ1) is 13.1. The Bertz CT molecular complexity index is 974. The first kappa shape index (κ1) is 17.8. The highest BCUT2D eigenvalue weighted by molar-refractivity contribution is 5.98. The van der Waals surface area contributed by atoms with Gasteiger partial charge in [-0.3, -0.25) is 0 Å². The molecule has 0 aliphatic rings. The van der Waals surface area contributed by atoms with Gasteiger partial charge >= 0.3 is 0 Å². The summed E-state index contributed by atoms with van der Waals surface area (Å²) < 4.78 is 10.7. The summed E-state index contributed by atoms with van der Waals surface area (Å²) in [5, 5.41) is 9.53. The molecule has 1 heterocycles. The molecule has 0 unspecified atom stereocenters. The van der Waals surface area contributed by atoms with Crippen LogP contribution in [0.15, 0.2) is 64.5 Å². The minimum absolute atomic E-state index is 0.0730. The smallest absolute Gasteiger partial charge is 0.209 e. The standard InChI is InChI=1S/C19H18N6O2/c1-26-17-8-15(6-7-16(17)18-10-23-12-27-18)25(11-20)19(22)24-9-13-2-4-14(21)5-3-13/h2-8,10,12H,9,21H2,1H3,(H2,22,24). The van der Waals surface area contributed by atoms with E-state index in [1.54, 1.807) is 36.5 Å². The van der Waals surface area contributed by atoms with Crippen molar-refractivity contribution in [2.75, 3.05) is 17.7 Å². The first-order valence-electron chi connectivity index (χ1n) is 8.03. The van der Waals surface area contributed by atoms with E-state index in [4.69, 9.17) is 20.6 Å². The largest absolute Gasteiger partial charge is 0.496 e. The fraction of sp³-hybridized carbons (Fsp3) is 0.105. The van der Waals surface area contributed by atoms with Crippen molar-refractivity contribution in [2.24, 2.45) is 10.7 Å². The van der Waals surface area contributed by atoms with Crippen LogP contribution >= 0.6 is 0 Å². The van der Waals surface area contributed by atoms with Crippen LogP contribution in [0.2, 0.25) is 0 Å². The molecule has 8 heteroatoms. The van der Waals surface area contributed by atoms with Gasteiger partial charge in [0.25, 0.3) is 0 Å². The summed E-state index contributed by atoms with van der Waals surface area (Å²) in [4.78, 5) is 9.42. The van der Waals surface area contributed by atoms with Crippen molar-refractivity contribution in [1.82, 2.24) is 4.98 Å². The highest BCUT2D eigenvalue weighted by Crippen LogP contribution is 2.33. The number of hydrogen-bond acceptors (Lipinski definition) is 6. The second-order valence-corrected chi connectivity index (χ2v) is 5.60. The van der Waals surface area contributed by atoms with Gasteiger partial charge in [0.1, 0.15) is 5.75 Å². The predicted octanol–water partition coefficient (Wildman–Crippen LogP) is 2.73. The predicted molar refractivity (Wildman–Crippen MR) is 103 cm³/mol. The van der Waals surface area contributed by atoms with Gasteiger partial charge in [-0.05, 0) is 29.8 Å². The lowest BCUT2D eigenvalue weighted by Gasteiger charge is -2.16. The van der Waals surface area contributed by atoms with Crippen molar-refractivity contribution >= 4 is 17.3 Å². The second kappa shape index (κ2) is 7.93. The number of aromatic nitrogens is 1. The van der Waals surface area contributed by atoms with Crippen LogP contribution in [0.3, 0.4) is 0 Å². The number of methoxy groups -OCH3 is 1. The highest BCUT2D eigenvalue weighted by atomic mass is 16.5. The summed E-state index contributed by atoms with van der Waals surface area (Å²) in [7, 11) is 1.54. The van der Waals surface area contributed by atoms with Gasteiger partial charge in [-0.1, -0.05) is 12.1 Å². The number of ether oxygens (including phenoxy) is 1. The van der Waals surface area contributed by atoms with E-state index >= 15 is 0 Å². The molecule has 0 aliphatic carbocycles. The Morgan fingerprint density at radius 2 is 2.07 bits per heavy atom. The number of nitrogens with two attached hydrogens (primary N) is 2. The maximum Gasteiger partial charge on any atom is 0.209 e. The summed E-state index contributed by atoms with van der Waals surface area (Å²) in [6.45, 7) is 0.331. The van der Waals surface area contributed by atoms with Gasteiger partial charge in [-0.25, -0.2) is 14.9 Å². The Labute approximate surface area is 156 Å². The van der Waals surface area contributed by atoms with Gasteiger partial charge < -0.3 is 20.6 Å². The molecular weight excluding hydrogens is 344 g/mol. The zero-order valence-corrected chi connectivity index (χ0v) is 14.7. The van der Waals surface area contributed by atoms with E-state index in [-0.39, 0.29) is 5.96 Å². The summed E-state index contributed by atoms with van der Waals surface area (Å²) in [5.41, 5.74) is 14.5. The molecule has 0 saturated carbocycles. The molecular formula is C19H18N6O2. The molecule has 0 aliphatic heterocycles. The van der Waals surface area contributed by atoms with Crippen molar-refractivity contribution in [3.05, 3.63) is 60.6 Å². The lowest BCUT2D eigenvalue weighted by atomic mass is 10.1. The fourth-order valence-electron chi connectivity index (χ4n) is 2.48. The molecule has 0 amide bonds. The number of rotatable bonds is 5. The molecule has 136 valence electrons. The average molecular weight is 362 g/mol. The van der Waals surface area contributed by atoms with Crippen LogP contribution in [0, 0.1) is 11.5 Å². The van der Waals surface area contributed by atoms with Gasteiger partial charge in [0.2, 0.25) is 5.96 Å².